The van der Waals surface area contributed by atoms with E-state index in [0.717, 1.165) is 5.82 Å². The molecule has 0 spiro atoms. The van der Waals surface area contributed by atoms with Gasteiger partial charge in [-0.15, -0.1) is 0 Å². The summed E-state index contributed by atoms with van der Waals surface area (Å²) < 4.78 is 32.7. The van der Waals surface area contributed by atoms with E-state index in [1.54, 1.807) is 29.5 Å². The second-order valence-corrected chi connectivity index (χ2v) is 9.70. The molecular weight excluding hydrogens is 400 g/mol. The Labute approximate surface area is 166 Å². The zero-order chi connectivity index (χ0) is 19.6. The predicted octanol–water partition coefficient (Wildman–Crippen LogP) is 4.35. The number of fused-ring (bicyclic) bond motifs is 1. The Kier molecular flexibility index (Phi) is 5.61. The van der Waals surface area contributed by atoms with Crippen molar-refractivity contribution in [1.82, 2.24) is 0 Å². The molecule has 0 amide bonds. The molecule has 8 heteroatoms. The third-order valence-electron chi connectivity index (χ3n) is 4.01. The van der Waals surface area contributed by atoms with E-state index in [-0.39, 0.29) is 4.90 Å². The first kappa shape index (κ1) is 19.5. The number of aryl methyl sites for hydroxylation is 2. The lowest BCUT2D eigenvalue weighted by atomic mass is 10.2. The van der Waals surface area contributed by atoms with Crippen molar-refractivity contribution in [3.8, 4) is 10.4 Å². The molecule has 2 aromatic heterocycles. The van der Waals surface area contributed by atoms with Crippen molar-refractivity contribution >= 4 is 42.8 Å². The summed E-state index contributed by atoms with van der Waals surface area (Å²) in [5.74, 6) is 0.859. The van der Waals surface area contributed by atoms with Gasteiger partial charge in [-0.25, -0.2) is 0 Å². The smallest absolute Gasteiger partial charge is 0.285 e. The summed E-state index contributed by atoms with van der Waals surface area (Å²) >= 11 is 3.58. The fraction of sp³-hybridized carbons (Fsp3) is 0.105. The molecule has 5 nitrogen and oxygen atoms in total. The summed E-state index contributed by atoms with van der Waals surface area (Å²) in [5.41, 5.74) is 8.71. The molecule has 140 valence electrons. The molecule has 0 saturated heterocycles. The minimum atomic E-state index is -4.00. The van der Waals surface area contributed by atoms with Crippen molar-refractivity contribution in [3.63, 3.8) is 0 Å². The number of thiazole rings is 2. The summed E-state index contributed by atoms with van der Waals surface area (Å²) in [6, 6.07) is 17.8. The molecule has 0 radical (unpaired) electrons. The lowest BCUT2D eigenvalue weighted by Crippen LogP contribution is -2.24. The average Bonchev–Trinajstić information content (AvgIpc) is 3.12. The Morgan fingerprint density at radius 1 is 0.926 bits per heavy atom. The molecular formula is C19H19N2O3S3+. The van der Waals surface area contributed by atoms with Gasteiger partial charge in [0.15, 0.2) is 0 Å². The van der Waals surface area contributed by atoms with Crippen molar-refractivity contribution in [1.29, 1.82) is 0 Å². The number of anilines is 1. The van der Waals surface area contributed by atoms with E-state index in [4.69, 9.17) is 10.3 Å². The van der Waals surface area contributed by atoms with Gasteiger partial charge in [-0.3, -0.25) is 10.3 Å². The fourth-order valence-corrected chi connectivity index (χ4v) is 5.59. The molecule has 0 saturated carbocycles. The van der Waals surface area contributed by atoms with E-state index < -0.39 is 10.1 Å². The van der Waals surface area contributed by atoms with Gasteiger partial charge in [0.05, 0.1) is 4.90 Å². The zero-order valence-corrected chi connectivity index (χ0v) is 17.2. The van der Waals surface area contributed by atoms with E-state index in [1.807, 2.05) is 29.5 Å². The molecule has 27 heavy (non-hydrogen) atoms. The molecule has 0 unspecified atom stereocenters. The summed E-state index contributed by atoms with van der Waals surface area (Å²) in [7, 11) is -4.00. The quantitative estimate of drug-likeness (QED) is 0.374. The predicted molar refractivity (Wildman–Crippen MR) is 111 cm³/mol. The van der Waals surface area contributed by atoms with E-state index in [2.05, 4.69) is 30.4 Å². The number of nitrogen functional groups attached to an aromatic ring is 1. The standard InChI is InChI=1S/C13H13N2S2.C6H6O3S/c1-8-9(2)16-13-15(8)12(14)11(17-13)10-6-4-3-5-7-10;7-10(8,9)6-4-2-1-3-5-6/h3-7H,14H2,1-2H3;1-5H,(H,7,8,9)/q+1;. The lowest BCUT2D eigenvalue weighted by Gasteiger charge is -1.94. The fourth-order valence-electron chi connectivity index (χ4n) is 2.52. The maximum atomic E-state index is 10.4. The van der Waals surface area contributed by atoms with Crippen molar-refractivity contribution < 1.29 is 17.4 Å². The van der Waals surface area contributed by atoms with Gasteiger partial charge in [-0.1, -0.05) is 71.2 Å². The molecule has 3 N–H and O–H groups in total. The molecule has 0 bridgehead atoms. The van der Waals surface area contributed by atoms with Crippen molar-refractivity contribution in [2.24, 2.45) is 0 Å². The van der Waals surface area contributed by atoms with Crippen LogP contribution in [-0.4, -0.2) is 13.0 Å². The van der Waals surface area contributed by atoms with Crippen LogP contribution in [0.5, 0.6) is 0 Å². The first-order valence-electron chi connectivity index (χ1n) is 8.07. The van der Waals surface area contributed by atoms with Gasteiger partial charge in [0.25, 0.3) is 15.9 Å². The van der Waals surface area contributed by atoms with Crippen LogP contribution in [0.1, 0.15) is 10.6 Å². The first-order valence-corrected chi connectivity index (χ1v) is 11.1. The molecule has 0 fully saturated rings. The molecule has 0 aliphatic rings. The Morgan fingerprint density at radius 3 is 1.96 bits per heavy atom. The number of aromatic nitrogens is 1. The van der Waals surface area contributed by atoms with Crippen LogP contribution < -0.4 is 10.1 Å². The monoisotopic (exact) mass is 419 g/mol. The summed E-state index contributed by atoms with van der Waals surface area (Å²) in [5, 5.41) is 0. The average molecular weight is 420 g/mol. The minimum absolute atomic E-state index is 0.0741. The highest BCUT2D eigenvalue weighted by molar-refractivity contribution is 7.85. The Morgan fingerprint density at radius 2 is 1.48 bits per heavy atom. The zero-order valence-electron chi connectivity index (χ0n) is 14.8. The van der Waals surface area contributed by atoms with Crippen LogP contribution >= 0.6 is 22.7 Å². The van der Waals surface area contributed by atoms with Crippen LogP contribution in [0.15, 0.2) is 65.6 Å². The normalized spacial score (nSPS) is 11.2. The van der Waals surface area contributed by atoms with Crippen molar-refractivity contribution in [2.45, 2.75) is 18.7 Å². The SMILES string of the molecule is Cc1sc2sc(-c3ccccc3)c(N)[n+]2c1C.O=S(=O)(O)c1ccccc1. The van der Waals surface area contributed by atoms with Crippen LogP contribution in [0.4, 0.5) is 5.82 Å². The van der Waals surface area contributed by atoms with Crippen LogP contribution in [0, 0.1) is 13.8 Å². The number of nitrogens with zero attached hydrogens (tertiary/aromatic N) is 1. The Bertz CT molecular complexity index is 1170. The Balaban J connectivity index is 0.000000180. The third-order valence-corrected chi connectivity index (χ3v) is 7.34. The summed E-state index contributed by atoms with van der Waals surface area (Å²) in [4.78, 5) is 2.43. The Hall–Kier alpha value is -2.26. The third kappa shape index (κ3) is 4.19. The van der Waals surface area contributed by atoms with Crippen molar-refractivity contribution in [3.05, 3.63) is 71.2 Å². The van der Waals surface area contributed by atoms with Crippen molar-refractivity contribution in [2.75, 3.05) is 5.73 Å². The maximum Gasteiger partial charge on any atom is 0.297 e. The van der Waals surface area contributed by atoms with Gasteiger partial charge in [-0.2, -0.15) is 12.8 Å². The highest BCUT2D eigenvalue weighted by Crippen LogP contribution is 2.35. The van der Waals surface area contributed by atoms with Gasteiger partial charge in [0.1, 0.15) is 10.6 Å². The first-order chi connectivity index (χ1) is 12.8. The second kappa shape index (κ2) is 7.77. The maximum absolute atomic E-state index is 10.4. The van der Waals surface area contributed by atoms with Gasteiger partial charge in [0, 0.05) is 10.4 Å². The van der Waals surface area contributed by atoms with E-state index in [9.17, 15) is 8.42 Å². The highest BCUT2D eigenvalue weighted by Gasteiger charge is 2.22. The molecule has 0 atom stereocenters. The summed E-state index contributed by atoms with van der Waals surface area (Å²) in [6.45, 7) is 4.26. The molecule has 2 heterocycles. The number of rotatable bonds is 2. The van der Waals surface area contributed by atoms with E-state index in [0.29, 0.717) is 0 Å². The largest absolute Gasteiger partial charge is 0.297 e. The van der Waals surface area contributed by atoms with Crippen LogP contribution in [-0.2, 0) is 10.1 Å². The highest BCUT2D eigenvalue weighted by atomic mass is 32.2. The summed E-state index contributed by atoms with van der Waals surface area (Å²) in [6.07, 6.45) is 0. The van der Waals surface area contributed by atoms with Crippen LogP contribution in [0.25, 0.3) is 14.6 Å². The number of benzene rings is 2. The molecule has 4 rings (SSSR count). The van der Waals surface area contributed by atoms with E-state index in [1.165, 1.54) is 37.3 Å². The van der Waals surface area contributed by atoms with Gasteiger partial charge in [-0.05, 0) is 26.0 Å². The van der Waals surface area contributed by atoms with Crippen LogP contribution in [0.2, 0.25) is 0 Å². The van der Waals surface area contributed by atoms with Gasteiger partial charge in [0.2, 0.25) is 4.14 Å². The number of nitrogens with two attached hydrogens (primary N) is 1. The minimum Gasteiger partial charge on any atom is -0.285 e. The van der Waals surface area contributed by atoms with Gasteiger partial charge >= 0.3 is 0 Å². The second-order valence-electron chi connectivity index (χ2n) is 5.82. The molecule has 0 aliphatic carbocycles. The molecule has 2 aromatic carbocycles. The number of hydrogen-bond donors (Lipinski definition) is 2. The van der Waals surface area contributed by atoms with Crippen LogP contribution in [0.3, 0.4) is 0 Å². The van der Waals surface area contributed by atoms with Gasteiger partial charge < -0.3 is 0 Å². The van der Waals surface area contributed by atoms with E-state index >= 15 is 0 Å². The molecule has 4 aromatic rings. The lowest BCUT2D eigenvalue weighted by molar-refractivity contribution is -0.494. The topological polar surface area (TPSA) is 84.5 Å². The molecule has 0 aliphatic heterocycles. The number of hydrogen-bond acceptors (Lipinski definition) is 5.